The van der Waals surface area contributed by atoms with Crippen molar-refractivity contribution in [2.45, 2.75) is 25.6 Å². The number of hydrogen-bond donors (Lipinski definition) is 2. The van der Waals surface area contributed by atoms with Gasteiger partial charge in [-0.05, 0) is 37.1 Å². The number of carbonyl (C=O) groups excluding carboxylic acids is 1. The monoisotopic (exact) mass is 342 g/mol. The van der Waals surface area contributed by atoms with Crippen molar-refractivity contribution < 1.29 is 22.7 Å². The average molecular weight is 342 g/mol. The van der Waals surface area contributed by atoms with E-state index in [1.807, 2.05) is 6.92 Å². The standard InChI is InChI=1S/C17H21F3N2O2/c1-3-8-24-15-5-4-12(17(18,19)20)9-13(15)16(23)22-14-10-21-7-6-11(14)2/h3-5,9,11,14,21H,1,6-8,10H2,2H3,(H,22,23). The summed E-state index contributed by atoms with van der Waals surface area (Å²) >= 11 is 0. The Labute approximate surface area is 139 Å². The number of halogens is 3. The number of piperidine rings is 1. The zero-order valence-corrected chi connectivity index (χ0v) is 13.5. The smallest absolute Gasteiger partial charge is 0.416 e. The fraction of sp³-hybridized carbons (Fsp3) is 0.471. The molecule has 0 aromatic heterocycles. The van der Waals surface area contributed by atoms with Crippen LogP contribution in [0.2, 0.25) is 0 Å². The first kappa shape index (κ1) is 18.3. The van der Waals surface area contributed by atoms with Gasteiger partial charge in [0, 0.05) is 12.6 Å². The summed E-state index contributed by atoms with van der Waals surface area (Å²) in [5.74, 6) is -0.212. The Hall–Kier alpha value is -2.02. The highest BCUT2D eigenvalue weighted by atomic mass is 19.4. The van der Waals surface area contributed by atoms with Gasteiger partial charge in [0.1, 0.15) is 12.4 Å². The third kappa shape index (κ3) is 4.50. The molecule has 0 spiro atoms. The lowest BCUT2D eigenvalue weighted by Crippen LogP contribution is -2.50. The second-order valence-corrected chi connectivity index (χ2v) is 5.86. The molecular weight excluding hydrogens is 321 g/mol. The highest BCUT2D eigenvalue weighted by Gasteiger charge is 2.32. The fourth-order valence-corrected chi connectivity index (χ4v) is 2.59. The van der Waals surface area contributed by atoms with E-state index in [-0.39, 0.29) is 29.9 Å². The highest BCUT2D eigenvalue weighted by molar-refractivity contribution is 5.97. The Morgan fingerprint density at radius 2 is 2.25 bits per heavy atom. The zero-order valence-electron chi connectivity index (χ0n) is 13.5. The molecule has 1 aromatic rings. The van der Waals surface area contributed by atoms with Crippen molar-refractivity contribution in [3.63, 3.8) is 0 Å². The third-order valence-electron chi connectivity index (χ3n) is 4.05. The first-order chi connectivity index (χ1) is 11.3. The van der Waals surface area contributed by atoms with Crippen LogP contribution < -0.4 is 15.4 Å². The second kappa shape index (κ2) is 7.70. The van der Waals surface area contributed by atoms with E-state index in [2.05, 4.69) is 17.2 Å². The van der Waals surface area contributed by atoms with Gasteiger partial charge in [-0.3, -0.25) is 4.79 Å². The maximum atomic E-state index is 12.9. The van der Waals surface area contributed by atoms with Crippen LogP contribution in [0.25, 0.3) is 0 Å². The van der Waals surface area contributed by atoms with Gasteiger partial charge >= 0.3 is 6.18 Å². The molecule has 0 aliphatic carbocycles. The highest BCUT2D eigenvalue weighted by Crippen LogP contribution is 2.32. The second-order valence-electron chi connectivity index (χ2n) is 5.86. The minimum Gasteiger partial charge on any atom is -0.489 e. The molecule has 1 aliphatic heterocycles. The summed E-state index contributed by atoms with van der Waals surface area (Å²) in [6.07, 6.45) is -2.16. The van der Waals surface area contributed by atoms with Crippen molar-refractivity contribution in [1.82, 2.24) is 10.6 Å². The molecule has 132 valence electrons. The maximum absolute atomic E-state index is 12.9. The molecule has 0 radical (unpaired) electrons. The van der Waals surface area contributed by atoms with Crippen molar-refractivity contribution >= 4 is 5.91 Å². The summed E-state index contributed by atoms with van der Waals surface area (Å²) in [5.41, 5.74) is -1.00. The van der Waals surface area contributed by atoms with Crippen molar-refractivity contribution in [3.8, 4) is 5.75 Å². The Balaban J connectivity index is 2.26. The van der Waals surface area contributed by atoms with Gasteiger partial charge in [-0.15, -0.1) is 0 Å². The van der Waals surface area contributed by atoms with Crippen molar-refractivity contribution in [2.75, 3.05) is 19.7 Å². The molecule has 1 fully saturated rings. The van der Waals surface area contributed by atoms with Gasteiger partial charge in [0.25, 0.3) is 5.91 Å². The van der Waals surface area contributed by atoms with Crippen molar-refractivity contribution in [1.29, 1.82) is 0 Å². The van der Waals surface area contributed by atoms with E-state index in [0.717, 1.165) is 25.1 Å². The molecule has 1 amide bonds. The molecule has 4 nitrogen and oxygen atoms in total. The SMILES string of the molecule is C=CCOc1ccc(C(F)(F)F)cc1C(=O)NC1CNCCC1C. The molecule has 2 atom stereocenters. The molecule has 2 rings (SSSR count). The first-order valence-corrected chi connectivity index (χ1v) is 7.79. The van der Waals surface area contributed by atoms with Crippen LogP contribution in [0.5, 0.6) is 5.75 Å². The van der Waals surface area contributed by atoms with Crippen LogP contribution in [0.4, 0.5) is 13.2 Å². The van der Waals surface area contributed by atoms with Gasteiger partial charge in [-0.1, -0.05) is 19.6 Å². The molecule has 1 heterocycles. The van der Waals surface area contributed by atoms with Crippen LogP contribution in [-0.2, 0) is 6.18 Å². The summed E-state index contributed by atoms with van der Waals surface area (Å²) in [7, 11) is 0. The number of nitrogens with one attached hydrogen (secondary N) is 2. The summed E-state index contributed by atoms with van der Waals surface area (Å²) in [5, 5.41) is 5.97. The minimum atomic E-state index is -4.52. The van der Waals surface area contributed by atoms with Gasteiger partial charge in [0.2, 0.25) is 0 Å². The number of carbonyl (C=O) groups is 1. The number of amides is 1. The molecule has 2 unspecified atom stereocenters. The topological polar surface area (TPSA) is 50.4 Å². The largest absolute Gasteiger partial charge is 0.489 e. The average Bonchev–Trinajstić information content (AvgIpc) is 2.54. The van der Waals surface area contributed by atoms with Crippen LogP contribution in [0.15, 0.2) is 30.9 Å². The number of hydrogen-bond acceptors (Lipinski definition) is 3. The minimum absolute atomic E-state index is 0.104. The Bertz CT molecular complexity index is 602. The first-order valence-electron chi connectivity index (χ1n) is 7.79. The normalized spacial score (nSPS) is 21.2. The van der Waals surface area contributed by atoms with E-state index in [4.69, 9.17) is 4.74 Å². The van der Waals surface area contributed by atoms with Crippen LogP contribution in [0.3, 0.4) is 0 Å². The van der Waals surface area contributed by atoms with E-state index in [1.54, 1.807) is 0 Å². The summed E-state index contributed by atoms with van der Waals surface area (Å²) in [6, 6.07) is 2.77. The van der Waals surface area contributed by atoms with Crippen molar-refractivity contribution in [2.24, 2.45) is 5.92 Å². The van der Waals surface area contributed by atoms with Crippen LogP contribution in [0.1, 0.15) is 29.3 Å². The van der Waals surface area contributed by atoms with E-state index in [9.17, 15) is 18.0 Å². The quantitative estimate of drug-likeness (QED) is 0.809. The fourth-order valence-electron chi connectivity index (χ4n) is 2.59. The molecule has 0 bridgehead atoms. The lowest BCUT2D eigenvalue weighted by Gasteiger charge is -2.30. The molecule has 24 heavy (non-hydrogen) atoms. The van der Waals surface area contributed by atoms with Crippen molar-refractivity contribution in [3.05, 3.63) is 42.0 Å². The van der Waals surface area contributed by atoms with Crippen LogP contribution >= 0.6 is 0 Å². The third-order valence-corrected chi connectivity index (χ3v) is 4.05. The van der Waals surface area contributed by atoms with E-state index in [0.29, 0.717) is 6.54 Å². The molecule has 7 heteroatoms. The molecule has 1 aliphatic rings. The Morgan fingerprint density at radius 3 is 2.88 bits per heavy atom. The molecule has 2 N–H and O–H groups in total. The van der Waals surface area contributed by atoms with Crippen LogP contribution in [-0.4, -0.2) is 31.6 Å². The number of ether oxygens (including phenoxy) is 1. The van der Waals surface area contributed by atoms with Crippen LogP contribution in [0, 0.1) is 5.92 Å². The Morgan fingerprint density at radius 1 is 1.50 bits per heavy atom. The predicted octanol–water partition coefficient (Wildman–Crippen LogP) is 3.00. The van der Waals surface area contributed by atoms with Gasteiger partial charge in [-0.2, -0.15) is 13.2 Å². The van der Waals surface area contributed by atoms with E-state index >= 15 is 0 Å². The summed E-state index contributed by atoms with van der Waals surface area (Å²) < 4.78 is 44.1. The Kier molecular flexibility index (Phi) is 5.88. The number of alkyl halides is 3. The zero-order chi connectivity index (χ0) is 17.7. The molecule has 1 aromatic carbocycles. The molecule has 0 saturated carbocycles. The molecule has 1 saturated heterocycles. The van der Waals surface area contributed by atoms with Gasteiger partial charge in [0.05, 0.1) is 11.1 Å². The lowest BCUT2D eigenvalue weighted by molar-refractivity contribution is -0.137. The van der Waals surface area contributed by atoms with E-state index in [1.165, 1.54) is 12.1 Å². The number of benzene rings is 1. The predicted molar refractivity (Wildman–Crippen MR) is 85.0 cm³/mol. The maximum Gasteiger partial charge on any atom is 0.416 e. The molecular formula is C17H21F3N2O2. The summed E-state index contributed by atoms with van der Waals surface area (Å²) in [4.78, 5) is 12.5. The number of rotatable bonds is 5. The van der Waals surface area contributed by atoms with Gasteiger partial charge < -0.3 is 15.4 Å². The van der Waals surface area contributed by atoms with Gasteiger partial charge in [-0.25, -0.2) is 0 Å². The lowest BCUT2D eigenvalue weighted by atomic mass is 9.94. The van der Waals surface area contributed by atoms with E-state index < -0.39 is 17.6 Å². The van der Waals surface area contributed by atoms with Gasteiger partial charge in [0.15, 0.2) is 0 Å². The summed E-state index contributed by atoms with van der Waals surface area (Å²) in [6.45, 7) is 7.07.